The highest BCUT2D eigenvalue weighted by Gasteiger charge is 2.36. The van der Waals surface area contributed by atoms with Gasteiger partial charge in [0.25, 0.3) is 0 Å². The van der Waals surface area contributed by atoms with E-state index in [0.717, 1.165) is 5.56 Å². The highest BCUT2D eigenvalue weighted by atomic mass is 19.4. The molecule has 1 aromatic heterocycles. The zero-order valence-electron chi connectivity index (χ0n) is 9.24. The Balaban J connectivity index is 2.91. The van der Waals surface area contributed by atoms with Gasteiger partial charge in [0.05, 0.1) is 5.56 Å². The number of rotatable bonds is 0. The summed E-state index contributed by atoms with van der Waals surface area (Å²) in [4.78, 5) is 2.29. The zero-order valence-corrected chi connectivity index (χ0v) is 9.24. The van der Waals surface area contributed by atoms with Gasteiger partial charge in [-0.2, -0.15) is 18.4 Å². The number of nitriles is 1. The Morgan fingerprint density at radius 3 is 2.41 bits per heavy atom. The molecular formula is C12H9F3N2. The number of hydrogen-bond acceptors (Lipinski definition) is 1. The largest absolute Gasteiger partial charge is 0.432 e. The standard InChI is InChI=1S/C12H9F3N2/c1-6-3-7(2)10-8(5-16)11(12(13,14)15)17-9(10)4-6/h3-4,17H,1-2H3. The van der Waals surface area contributed by atoms with Gasteiger partial charge in [-0.3, -0.25) is 0 Å². The van der Waals surface area contributed by atoms with Crippen molar-refractivity contribution in [2.75, 3.05) is 0 Å². The summed E-state index contributed by atoms with van der Waals surface area (Å²) < 4.78 is 38.2. The molecule has 2 rings (SSSR count). The van der Waals surface area contributed by atoms with Crippen LogP contribution in [0, 0.1) is 25.2 Å². The lowest BCUT2D eigenvalue weighted by Gasteiger charge is -2.03. The maximum Gasteiger partial charge on any atom is 0.432 e. The zero-order chi connectivity index (χ0) is 12.8. The van der Waals surface area contributed by atoms with E-state index in [-0.39, 0.29) is 5.56 Å². The predicted molar refractivity (Wildman–Crippen MR) is 57.5 cm³/mol. The number of nitrogens with zero attached hydrogens (tertiary/aromatic N) is 1. The van der Waals surface area contributed by atoms with Crippen LogP contribution in [0.3, 0.4) is 0 Å². The average Bonchev–Trinajstić information content (AvgIpc) is 2.55. The fourth-order valence-corrected chi connectivity index (χ4v) is 2.04. The van der Waals surface area contributed by atoms with E-state index in [1.54, 1.807) is 32.0 Å². The molecule has 0 bridgehead atoms. The Hall–Kier alpha value is -1.96. The number of hydrogen-bond donors (Lipinski definition) is 1. The summed E-state index contributed by atoms with van der Waals surface area (Å²) in [5, 5.41) is 9.24. The average molecular weight is 238 g/mol. The fraction of sp³-hybridized carbons (Fsp3) is 0.250. The topological polar surface area (TPSA) is 39.6 Å². The third kappa shape index (κ3) is 1.76. The number of aryl methyl sites for hydroxylation is 2. The first-order valence-electron chi connectivity index (χ1n) is 4.95. The highest BCUT2D eigenvalue weighted by molar-refractivity contribution is 5.91. The van der Waals surface area contributed by atoms with Crippen LogP contribution in [0.2, 0.25) is 0 Å². The smallest absolute Gasteiger partial charge is 0.350 e. The number of benzene rings is 1. The molecule has 0 fully saturated rings. The molecule has 0 saturated carbocycles. The monoisotopic (exact) mass is 238 g/mol. The van der Waals surface area contributed by atoms with Gasteiger partial charge in [0.15, 0.2) is 0 Å². The molecular weight excluding hydrogens is 229 g/mol. The summed E-state index contributed by atoms with van der Waals surface area (Å²) in [6.07, 6.45) is -4.54. The number of H-pyrrole nitrogens is 1. The molecule has 0 atom stereocenters. The van der Waals surface area contributed by atoms with Gasteiger partial charge in [-0.15, -0.1) is 0 Å². The third-order valence-electron chi connectivity index (χ3n) is 2.63. The lowest BCUT2D eigenvalue weighted by molar-refractivity contribution is -0.140. The Morgan fingerprint density at radius 2 is 1.88 bits per heavy atom. The molecule has 1 aromatic carbocycles. The van der Waals surface area contributed by atoms with Crippen LogP contribution < -0.4 is 0 Å². The maximum absolute atomic E-state index is 12.7. The Morgan fingerprint density at radius 1 is 1.24 bits per heavy atom. The van der Waals surface area contributed by atoms with E-state index in [2.05, 4.69) is 4.98 Å². The summed E-state index contributed by atoms with van der Waals surface area (Å²) >= 11 is 0. The summed E-state index contributed by atoms with van der Waals surface area (Å²) in [6.45, 7) is 3.50. The number of alkyl halides is 3. The molecule has 0 spiro atoms. The van der Waals surface area contributed by atoms with Crippen LogP contribution in [-0.4, -0.2) is 4.98 Å². The SMILES string of the molecule is Cc1cc(C)c2c(C#N)c(C(F)(F)F)[nH]c2c1. The van der Waals surface area contributed by atoms with Gasteiger partial charge in [-0.05, 0) is 31.0 Å². The van der Waals surface area contributed by atoms with Gasteiger partial charge in [-0.25, -0.2) is 0 Å². The Bertz CT molecular complexity index is 630. The van der Waals surface area contributed by atoms with Crippen molar-refractivity contribution < 1.29 is 13.2 Å². The second kappa shape index (κ2) is 3.52. The van der Waals surface area contributed by atoms with Crippen molar-refractivity contribution in [3.63, 3.8) is 0 Å². The van der Waals surface area contributed by atoms with E-state index in [1.807, 2.05) is 0 Å². The minimum absolute atomic E-state index is 0.329. The minimum atomic E-state index is -4.54. The van der Waals surface area contributed by atoms with Crippen molar-refractivity contribution in [3.8, 4) is 6.07 Å². The van der Waals surface area contributed by atoms with E-state index in [9.17, 15) is 13.2 Å². The number of fused-ring (bicyclic) bond motifs is 1. The van der Waals surface area contributed by atoms with E-state index in [0.29, 0.717) is 16.5 Å². The lowest BCUT2D eigenvalue weighted by Crippen LogP contribution is -2.07. The summed E-state index contributed by atoms with van der Waals surface area (Å²) in [6, 6.07) is 5.00. The summed E-state index contributed by atoms with van der Waals surface area (Å²) in [5.41, 5.74) is 0.581. The van der Waals surface area contributed by atoms with E-state index in [4.69, 9.17) is 5.26 Å². The second-order valence-electron chi connectivity index (χ2n) is 3.99. The number of aromatic amines is 1. The van der Waals surface area contributed by atoms with Crippen LogP contribution in [0.1, 0.15) is 22.4 Å². The first-order valence-corrected chi connectivity index (χ1v) is 4.95. The van der Waals surface area contributed by atoms with Gasteiger partial charge in [0, 0.05) is 10.9 Å². The molecule has 0 aliphatic heterocycles. The normalized spacial score (nSPS) is 11.8. The molecule has 1 heterocycles. The van der Waals surface area contributed by atoms with Gasteiger partial charge in [0.1, 0.15) is 11.8 Å². The van der Waals surface area contributed by atoms with Crippen LogP contribution >= 0.6 is 0 Å². The van der Waals surface area contributed by atoms with E-state index >= 15 is 0 Å². The molecule has 0 saturated heterocycles. The van der Waals surface area contributed by atoms with Crippen molar-refractivity contribution in [2.45, 2.75) is 20.0 Å². The molecule has 2 aromatic rings. The van der Waals surface area contributed by atoms with Crippen LogP contribution in [0.5, 0.6) is 0 Å². The molecule has 0 aliphatic carbocycles. The van der Waals surface area contributed by atoms with Crippen LogP contribution in [0.25, 0.3) is 10.9 Å². The molecule has 2 nitrogen and oxygen atoms in total. The Kier molecular flexibility index (Phi) is 2.39. The summed E-state index contributed by atoms with van der Waals surface area (Å²) in [5.74, 6) is 0. The number of aromatic nitrogens is 1. The fourth-order valence-electron chi connectivity index (χ4n) is 2.04. The molecule has 17 heavy (non-hydrogen) atoms. The van der Waals surface area contributed by atoms with Crippen molar-refractivity contribution >= 4 is 10.9 Å². The van der Waals surface area contributed by atoms with E-state index < -0.39 is 11.9 Å². The first-order chi connectivity index (χ1) is 7.84. The summed E-state index contributed by atoms with van der Waals surface area (Å²) in [7, 11) is 0. The van der Waals surface area contributed by atoms with Crippen molar-refractivity contribution in [1.29, 1.82) is 5.26 Å². The Labute approximate surface area is 95.7 Å². The molecule has 1 N–H and O–H groups in total. The van der Waals surface area contributed by atoms with Gasteiger partial charge < -0.3 is 4.98 Å². The highest BCUT2D eigenvalue weighted by Crippen LogP contribution is 2.36. The number of halogens is 3. The van der Waals surface area contributed by atoms with Gasteiger partial charge in [-0.1, -0.05) is 6.07 Å². The second-order valence-corrected chi connectivity index (χ2v) is 3.99. The van der Waals surface area contributed by atoms with Crippen molar-refractivity contribution in [3.05, 3.63) is 34.5 Å². The van der Waals surface area contributed by atoms with E-state index in [1.165, 1.54) is 0 Å². The van der Waals surface area contributed by atoms with Crippen molar-refractivity contribution in [2.24, 2.45) is 0 Å². The quantitative estimate of drug-likeness (QED) is 0.747. The molecule has 0 radical (unpaired) electrons. The van der Waals surface area contributed by atoms with Gasteiger partial charge in [0.2, 0.25) is 0 Å². The van der Waals surface area contributed by atoms with Crippen LogP contribution in [0.15, 0.2) is 12.1 Å². The maximum atomic E-state index is 12.7. The predicted octanol–water partition coefficient (Wildman–Crippen LogP) is 3.68. The molecule has 88 valence electrons. The molecule has 0 amide bonds. The number of nitrogens with one attached hydrogen (secondary N) is 1. The first kappa shape index (κ1) is 11.5. The molecule has 0 aliphatic rings. The van der Waals surface area contributed by atoms with Crippen LogP contribution in [0.4, 0.5) is 13.2 Å². The lowest BCUT2D eigenvalue weighted by atomic mass is 10.0. The molecule has 0 unspecified atom stereocenters. The van der Waals surface area contributed by atoms with Crippen LogP contribution in [-0.2, 0) is 6.18 Å². The van der Waals surface area contributed by atoms with Crippen molar-refractivity contribution in [1.82, 2.24) is 4.98 Å². The van der Waals surface area contributed by atoms with Gasteiger partial charge >= 0.3 is 6.18 Å². The molecule has 5 heteroatoms. The minimum Gasteiger partial charge on any atom is -0.350 e. The third-order valence-corrected chi connectivity index (χ3v) is 2.63.